The molecule has 0 radical (unpaired) electrons. The number of allylic oxidation sites excluding steroid dienone is 1. The van der Waals surface area contributed by atoms with Gasteiger partial charge in [-0.15, -0.1) is 6.58 Å². The van der Waals surface area contributed by atoms with E-state index in [1.165, 1.54) is 10.6 Å². The molecule has 3 rings (SSSR count). The number of phenols is 1. The van der Waals surface area contributed by atoms with E-state index in [2.05, 4.69) is 11.6 Å². The maximum Gasteiger partial charge on any atom is 0.254 e. The Morgan fingerprint density at radius 2 is 1.92 bits per heavy atom. The number of rotatable bonds is 5. The Morgan fingerprint density at radius 1 is 1.19 bits per heavy atom. The smallest absolute Gasteiger partial charge is 0.254 e. The zero-order chi connectivity index (χ0) is 18.7. The first-order valence-corrected chi connectivity index (χ1v) is 8.32. The highest BCUT2D eigenvalue weighted by molar-refractivity contribution is 5.65. The molecule has 0 aliphatic rings. The van der Waals surface area contributed by atoms with Crippen LogP contribution in [0.15, 0.2) is 72.0 Å². The molecule has 0 aliphatic carbocycles. The predicted octanol–water partition coefficient (Wildman–Crippen LogP) is 3.25. The third-order valence-electron chi connectivity index (χ3n) is 4.44. The van der Waals surface area contributed by atoms with Crippen molar-refractivity contribution in [3.8, 4) is 16.9 Å². The van der Waals surface area contributed by atoms with Crippen LogP contribution in [0.5, 0.6) is 5.75 Å². The van der Waals surface area contributed by atoms with Crippen molar-refractivity contribution in [1.29, 1.82) is 0 Å². The van der Waals surface area contributed by atoms with Crippen LogP contribution in [0, 0.1) is 0 Å². The number of aromatic nitrogens is 2. The molecule has 3 N–H and O–H groups in total. The minimum atomic E-state index is -0.182. The van der Waals surface area contributed by atoms with E-state index in [9.17, 15) is 9.90 Å². The highest BCUT2D eigenvalue weighted by Crippen LogP contribution is 2.25. The minimum absolute atomic E-state index is 0.0992. The van der Waals surface area contributed by atoms with Crippen LogP contribution in [0.2, 0.25) is 0 Å². The molecule has 0 bridgehead atoms. The molecule has 26 heavy (non-hydrogen) atoms. The van der Waals surface area contributed by atoms with E-state index in [1.54, 1.807) is 25.3 Å². The Morgan fingerprint density at radius 3 is 2.54 bits per heavy atom. The lowest BCUT2D eigenvalue weighted by Crippen LogP contribution is -2.22. The normalized spacial score (nSPS) is 11.9. The van der Waals surface area contributed by atoms with Gasteiger partial charge in [-0.3, -0.25) is 9.36 Å². The number of nitrogens with two attached hydrogens (primary N) is 1. The first kappa shape index (κ1) is 17.5. The Kier molecular flexibility index (Phi) is 4.89. The Balaban J connectivity index is 1.83. The van der Waals surface area contributed by atoms with Crippen molar-refractivity contribution in [2.24, 2.45) is 7.05 Å². The van der Waals surface area contributed by atoms with E-state index in [0.717, 1.165) is 16.7 Å². The molecular weight excluding hydrogens is 326 g/mol. The molecule has 0 aliphatic heterocycles. The summed E-state index contributed by atoms with van der Waals surface area (Å²) in [5.74, 6) is 0.337. The average molecular weight is 347 g/mol. The summed E-state index contributed by atoms with van der Waals surface area (Å²) in [6.45, 7) is 3.87. The van der Waals surface area contributed by atoms with Crippen LogP contribution < -0.4 is 11.3 Å². The topological polar surface area (TPSA) is 81.1 Å². The molecule has 1 atom stereocenters. The number of nitrogen functional groups attached to an aromatic ring is 1. The lowest BCUT2D eigenvalue weighted by Gasteiger charge is -2.14. The van der Waals surface area contributed by atoms with E-state index in [4.69, 9.17) is 5.73 Å². The Bertz CT molecular complexity index is 991. The fourth-order valence-electron chi connectivity index (χ4n) is 2.85. The first-order chi connectivity index (χ1) is 12.5. The molecule has 3 aromatic rings. The van der Waals surface area contributed by atoms with Crippen molar-refractivity contribution >= 4 is 5.95 Å². The maximum absolute atomic E-state index is 12.0. The third kappa shape index (κ3) is 3.67. The number of anilines is 1. The van der Waals surface area contributed by atoms with Crippen LogP contribution in [0.4, 0.5) is 5.95 Å². The third-order valence-corrected chi connectivity index (χ3v) is 4.44. The number of aromatic hydroxyl groups is 1. The van der Waals surface area contributed by atoms with E-state index in [-0.39, 0.29) is 23.2 Å². The second-order valence-electron chi connectivity index (χ2n) is 6.23. The van der Waals surface area contributed by atoms with Gasteiger partial charge in [0.25, 0.3) is 5.56 Å². The average Bonchev–Trinajstić information content (AvgIpc) is 2.64. The van der Waals surface area contributed by atoms with E-state index < -0.39 is 0 Å². The van der Waals surface area contributed by atoms with Crippen molar-refractivity contribution in [3.63, 3.8) is 0 Å². The van der Waals surface area contributed by atoms with E-state index >= 15 is 0 Å². The van der Waals surface area contributed by atoms with E-state index in [1.807, 2.05) is 36.4 Å². The quantitative estimate of drug-likeness (QED) is 0.694. The van der Waals surface area contributed by atoms with Crippen molar-refractivity contribution < 1.29 is 5.11 Å². The second-order valence-corrected chi connectivity index (χ2v) is 6.23. The zero-order valence-electron chi connectivity index (χ0n) is 14.6. The van der Waals surface area contributed by atoms with Crippen molar-refractivity contribution in [1.82, 2.24) is 9.55 Å². The van der Waals surface area contributed by atoms with Crippen LogP contribution in [-0.4, -0.2) is 14.7 Å². The zero-order valence-corrected chi connectivity index (χ0v) is 14.6. The predicted molar refractivity (Wildman–Crippen MR) is 104 cm³/mol. The second kappa shape index (κ2) is 7.27. The number of phenolic OH excluding ortho intramolecular Hbond substituents is 1. The van der Waals surface area contributed by atoms with Gasteiger partial charge in [0, 0.05) is 19.0 Å². The molecule has 0 unspecified atom stereocenters. The van der Waals surface area contributed by atoms with Gasteiger partial charge in [0.2, 0.25) is 5.95 Å². The van der Waals surface area contributed by atoms with Gasteiger partial charge in [-0.25, -0.2) is 4.98 Å². The van der Waals surface area contributed by atoms with Gasteiger partial charge in [0.15, 0.2) is 0 Å². The van der Waals surface area contributed by atoms with Gasteiger partial charge < -0.3 is 10.8 Å². The molecule has 0 spiro atoms. The summed E-state index contributed by atoms with van der Waals surface area (Å²) in [4.78, 5) is 16.3. The Labute approximate surface area is 152 Å². The van der Waals surface area contributed by atoms with Crippen molar-refractivity contribution in [3.05, 3.63) is 88.9 Å². The molecular formula is C21H21N3O2. The van der Waals surface area contributed by atoms with Crippen LogP contribution in [0.25, 0.3) is 11.1 Å². The molecule has 5 heteroatoms. The molecule has 5 nitrogen and oxygen atoms in total. The van der Waals surface area contributed by atoms with Crippen molar-refractivity contribution in [2.45, 2.75) is 12.3 Å². The summed E-state index contributed by atoms with van der Waals surface area (Å²) < 4.78 is 1.31. The number of hydrogen-bond donors (Lipinski definition) is 2. The van der Waals surface area contributed by atoms with Gasteiger partial charge in [-0.1, -0.05) is 42.5 Å². The van der Waals surface area contributed by atoms with Crippen molar-refractivity contribution in [2.75, 3.05) is 5.73 Å². The molecule has 0 saturated heterocycles. The van der Waals surface area contributed by atoms with Gasteiger partial charge in [-0.05, 0) is 35.2 Å². The minimum Gasteiger partial charge on any atom is -0.508 e. The molecule has 2 aromatic carbocycles. The van der Waals surface area contributed by atoms with Gasteiger partial charge in [0.05, 0.1) is 5.69 Å². The molecule has 132 valence electrons. The molecule has 0 amide bonds. The SMILES string of the molecule is C=C[C@@H](Cc1ccc(-c2cccc(O)c2)cc1)c1cc(=O)n(C)c(N)n1. The maximum atomic E-state index is 12.0. The summed E-state index contributed by atoms with van der Waals surface area (Å²) >= 11 is 0. The van der Waals surface area contributed by atoms with Crippen LogP contribution >= 0.6 is 0 Å². The monoisotopic (exact) mass is 347 g/mol. The summed E-state index contributed by atoms with van der Waals surface area (Å²) in [6.07, 6.45) is 2.45. The summed E-state index contributed by atoms with van der Waals surface area (Å²) in [6, 6.07) is 16.7. The molecule has 1 heterocycles. The lowest BCUT2D eigenvalue weighted by molar-refractivity contribution is 0.475. The first-order valence-electron chi connectivity index (χ1n) is 8.32. The summed E-state index contributed by atoms with van der Waals surface area (Å²) in [7, 11) is 1.59. The van der Waals surface area contributed by atoms with Crippen LogP contribution in [0.1, 0.15) is 17.2 Å². The largest absolute Gasteiger partial charge is 0.508 e. The fraction of sp³-hybridized carbons (Fsp3) is 0.143. The highest BCUT2D eigenvalue weighted by Gasteiger charge is 2.13. The lowest BCUT2D eigenvalue weighted by atomic mass is 9.94. The molecule has 0 fully saturated rings. The number of benzene rings is 2. The van der Waals surface area contributed by atoms with E-state index in [0.29, 0.717) is 12.1 Å². The van der Waals surface area contributed by atoms with Gasteiger partial charge in [-0.2, -0.15) is 0 Å². The summed E-state index contributed by atoms with van der Waals surface area (Å²) in [5, 5.41) is 9.61. The standard InChI is InChI=1S/C21H21N3O2/c1-3-15(19-13-20(26)24(2)21(22)23-19)11-14-7-9-16(10-8-14)17-5-4-6-18(25)12-17/h3-10,12-13,15,25H,1,11H2,2H3,(H2,22,23)/t15-/m0/s1. The highest BCUT2D eigenvalue weighted by atomic mass is 16.3. The Hall–Kier alpha value is -3.34. The molecule has 0 saturated carbocycles. The number of hydrogen-bond acceptors (Lipinski definition) is 4. The van der Waals surface area contributed by atoms with Crippen LogP contribution in [-0.2, 0) is 13.5 Å². The molecule has 1 aromatic heterocycles. The summed E-state index contributed by atoms with van der Waals surface area (Å²) in [5.41, 5.74) is 9.32. The number of nitrogens with zero attached hydrogens (tertiary/aromatic N) is 2. The van der Waals surface area contributed by atoms with Crippen LogP contribution in [0.3, 0.4) is 0 Å². The van der Waals surface area contributed by atoms with Gasteiger partial charge >= 0.3 is 0 Å². The van der Waals surface area contributed by atoms with Gasteiger partial charge in [0.1, 0.15) is 5.75 Å². The fourth-order valence-corrected chi connectivity index (χ4v) is 2.85.